The molecule has 29 heavy (non-hydrogen) atoms. The first-order valence-electron chi connectivity index (χ1n) is 9.68. The number of hydrogen-bond donors (Lipinski definition) is 1. The Balaban J connectivity index is 2.03. The van der Waals surface area contributed by atoms with Crippen LogP contribution in [0.15, 0.2) is 55.3 Å². The Morgan fingerprint density at radius 3 is 2.69 bits per heavy atom. The van der Waals surface area contributed by atoms with Crippen LogP contribution >= 0.6 is 11.3 Å². The summed E-state index contributed by atoms with van der Waals surface area (Å²) < 4.78 is 0. The molecule has 1 aromatic carbocycles. The monoisotopic (exact) mass is 405 g/mol. The molecule has 150 valence electrons. The summed E-state index contributed by atoms with van der Waals surface area (Å²) >= 11 is 1.58. The van der Waals surface area contributed by atoms with Crippen molar-refractivity contribution in [2.24, 2.45) is 0 Å². The molecule has 3 rings (SSSR count). The van der Waals surface area contributed by atoms with E-state index in [1.54, 1.807) is 11.3 Å². The van der Waals surface area contributed by atoms with Gasteiger partial charge in [0.1, 0.15) is 10.8 Å². The van der Waals surface area contributed by atoms with Crippen molar-refractivity contribution in [1.29, 1.82) is 0 Å². The van der Waals surface area contributed by atoms with Crippen molar-refractivity contribution >= 4 is 22.7 Å². The fourth-order valence-corrected chi connectivity index (χ4v) is 3.68. The molecule has 0 saturated heterocycles. The number of benzene rings is 1. The summed E-state index contributed by atoms with van der Waals surface area (Å²) in [6, 6.07) is 12.5. The van der Waals surface area contributed by atoms with Gasteiger partial charge in [-0.05, 0) is 42.7 Å². The molecule has 0 saturated carbocycles. The molecule has 6 heteroatoms. The van der Waals surface area contributed by atoms with Crippen molar-refractivity contribution in [2.45, 2.75) is 20.3 Å². The van der Waals surface area contributed by atoms with Gasteiger partial charge in [0.2, 0.25) is 0 Å². The summed E-state index contributed by atoms with van der Waals surface area (Å²) in [6.07, 6.45) is 4.96. The molecule has 0 aliphatic carbocycles. The predicted molar refractivity (Wildman–Crippen MR) is 124 cm³/mol. The Morgan fingerprint density at radius 1 is 1.21 bits per heavy atom. The molecule has 0 aliphatic rings. The number of pyridine rings is 1. The zero-order valence-electron chi connectivity index (χ0n) is 17.4. The van der Waals surface area contributed by atoms with Gasteiger partial charge in [0.25, 0.3) is 0 Å². The molecule has 3 aromatic rings. The zero-order chi connectivity index (χ0) is 20.8. The Morgan fingerprint density at radius 2 is 2.03 bits per heavy atom. The highest BCUT2D eigenvalue weighted by Crippen LogP contribution is 2.32. The molecule has 0 fully saturated rings. The third-order valence-electron chi connectivity index (χ3n) is 4.30. The van der Waals surface area contributed by atoms with Crippen molar-refractivity contribution in [1.82, 2.24) is 20.1 Å². The molecule has 0 bridgehead atoms. The fourth-order valence-electron chi connectivity index (χ4n) is 2.96. The van der Waals surface area contributed by atoms with E-state index in [0.29, 0.717) is 0 Å². The van der Waals surface area contributed by atoms with Crippen molar-refractivity contribution in [2.75, 3.05) is 26.0 Å². The molecule has 5 nitrogen and oxygen atoms in total. The summed E-state index contributed by atoms with van der Waals surface area (Å²) in [5, 5.41) is 13.7. The molecule has 0 radical (unpaired) electrons. The third-order valence-corrected chi connectivity index (χ3v) is 5.17. The van der Waals surface area contributed by atoms with E-state index in [-0.39, 0.29) is 0 Å². The first-order chi connectivity index (χ1) is 14.0. The lowest BCUT2D eigenvalue weighted by atomic mass is 10.0. The highest BCUT2D eigenvalue weighted by atomic mass is 32.1. The first kappa shape index (κ1) is 20.7. The van der Waals surface area contributed by atoms with E-state index in [1.165, 1.54) is 0 Å². The van der Waals surface area contributed by atoms with E-state index < -0.39 is 0 Å². The molecule has 0 amide bonds. The van der Waals surface area contributed by atoms with Crippen LogP contribution in [0.4, 0.5) is 5.82 Å². The van der Waals surface area contributed by atoms with Crippen molar-refractivity contribution < 1.29 is 0 Å². The van der Waals surface area contributed by atoms with E-state index >= 15 is 0 Å². The zero-order valence-corrected chi connectivity index (χ0v) is 18.3. The van der Waals surface area contributed by atoms with E-state index in [0.717, 1.165) is 56.8 Å². The highest BCUT2D eigenvalue weighted by Gasteiger charge is 2.13. The molecule has 2 aromatic heterocycles. The number of anilines is 1. The number of nitrogens with zero attached hydrogens (tertiary/aromatic N) is 4. The number of hydrogen-bond acceptors (Lipinski definition) is 6. The second-order valence-electron chi connectivity index (χ2n) is 6.98. The Hall–Kier alpha value is -2.99. The van der Waals surface area contributed by atoms with Gasteiger partial charge in [-0.3, -0.25) is 0 Å². The van der Waals surface area contributed by atoms with Gasteiger partial charge in [0.05, 0.1) is 11.3 Å². The molecule has 0 unspecified atom stereocenters. The fraction of sp³-hybridized carbons (Fsp3) is 0.261. The first-order valence-corrected chi connectivity index (χ1v) is 10.5. The van der Waals surface area contributed by atoms with E-state index in [4.69, 9.17) is 4.98 Å². The molecule has 1 N–H and O–H groups in total. The van der Waals surface area contributed by atoms with E-state index in [1.807, 2.05) is 38.1 Å². The Labute approximate surface area is 176 Å². The minimum Gasteiger partial charge on any atom is -0.383 e. The van der Waals surface area contributed by atoms with E-state index in [2.05, 4.69) is 65.5 Å². The summed E-state index contributed by atoms with van der Waals surface area (Å²) in [7, 11) is 4.02. The molecule has 2 heterocycles. The van der Waals surface area contributed by atoms with Crippen LogP contribution in [0.25, 0.3) is 27.4 Å². The van der Waals surface area contributed by atoms with Crippen LogP contribution in [0.5, 0.6) is 0 Å². The van der Waals surface area contributed by atoms with Crippen LogP contribution in [-0.4, -0.2) is 40.7 Å². The molecular formula is C23H27N5S. The van der Waals surface area contributed by atoms with E-state index in [9.17, 15) is 0 Å². The van der Waals surface area contributed by atoms with Crippen LogP contribution in [-0.2, 0) is 0 Å². The number of rotatable bonds is 8. The second-order valence-corrected chi connectivity index (χ2v) is 8.16. The third kappa shape index (κ3) is 5.09. The number of aromatic nitrogens is 3. The maximum absolute atomic E-state index is 4.93. The van der Waals surface area contributed by atoms with Gasteiger partial charge in [-0.25, -0.2) is 4.98 Å². The largest absolute Gasteiger partial charge is 0.383 e. The van der Waals surface area contributed by atoms with Crippen LogP contribution in [0.3, 0.4) is 0 Å². The van der Waals surface area contributed by atoms with Gasteiger partial charge in [-0.1, -0.05) is 49.1 Å². The quantitative estimate of drug-likeness (QED) is 0.503. The summed E-state index contributed by atoms with van der Waals surface area (Å²) in [5.41, 5.74) is 5.16. The Bertz CT molecular complexity index is 1020. The lowest BCUT2D eigenvalue weighted by Gasteiger charge is -2.13. The smallest absolute Gasteiger partial charge is 0.151 e. The lowest BCUT2D eigenvalue weighted by Crippen LogP contribution is -2.04. The molecule has 0 atom stereocenters. The average molecular weight is 406 g/mol. The average Bonchev–Trinajstić information content (AvgIpc) is 3.16. The minimum atomic E-state index is 0.846. The van der Waals surface area contributed by atoms with Gasteiger partial charge >= 0.3 is 0 Å². The van der Waals surface area contributed by atoms with Crippen molar-refractivity contribution in [3.8, 4) is 21.8 Å². The maximum atomic E-state index is 4.93. The topological polar surface area (TPSA) is 53.9 Å². The summed E-state index contributed by atoms with van der Waals surface area (Å²) in [4.78, 5) is 6.95. The molecule has 0 aliphatic heterocycles. The second kappa shape index (κ2) is 9.47. The summed E-state index contributed by atoms with van der Waals surface area (Å²) in [6.45, 7) is 8.92. The van der Waals surface area contributed by atoms with Gasteiger partial charge < -0.3 is 10.2 Å². The Kier molecular flexibility index (Phi) is 6.77. The number of aryl methyl sites for hydroxylation is 1. The van der Waals surface area contributed by atoms with Crippen LogP contribution in [0.2, 0.25) is 0 Å². The van der Waals surface area contributed by atoms with Crippen molar-refractivity contribution in [3.63, 3.8) is 0 Å². The highest BCUT2D eigenvalue weighted by molar-refractivity contribution is 7.14. The summed E-state index contributed by atoms with van der Waals surface area (Å²) in [5.74, 6) is 0.846. The van der Waals surface area contributed by atoms with Crippen molar-refractivity contribution in [3.05, 3.63) is 65.8 Å². The normalized spacial score (nSPS) is 11.4. The van der Waals surface area contributed by atoms with Gasteiger partial charge in [0, 0.05) is 32.4 Å². The SMILES string of the molecule is C=C/C(=C\N(C)C)c1cccc(-c2ccc(-c3nnc(C)s3)c(NCCC)n2)c1. The standard InChI is InChI=1S/C23H27N5S/c1-6-13-24-22-20(23-27-26-16(3)29-23)11-12-21(25-22)19-10-8-9-18(14-19)17(7-2)15-28(4)5/h7-12,14-15H,2,6,13H2,1,3-5H3,(H,24,25)/b17-15+. The van der Waals surface area contributed by atoms with Gasteiger partial charge in [-0.15, -0.1) is 10.2 Å². The minimum absolute atomic E-state index is 0.846. The molecular weight excluding hydrogens is 378 g/mol. The van der Waals surface area contributed by atoms with Crippen LogP contribution in [0, 0.1) is 6.92 Å². The number of nitrogens with one attached hydrogen (secondary N) is 1. The predicted octanol–water partition coefficient (Wildman–Crippen LogP) is 5.49. The van der Waals surface area contributed by atoms with Gasteiger partial charge in [0.15, 0.2) is 5.01 Å². The molecule has 0 spiro atoms. The van der Waals surface area contributed by atoms with Crippen LogP contribution in [0.1, 0.15) is 23.9 Å². The van der Waals surface area contributed by atoms with Crippen LogP contribution < -0.4 is 5.32 Å². The number of allylic oxidation sites excluding steroid dienone is 2. The van der Waals surface area contributed by atoms with Gasteiger partial charge in [-0.2, -0.15) is 0 Å². The maximum Gasteiger partial charge on any atom is 0.151 e. The lowest BCUT2D eigenvalue weighted by molar-refractivity contribution is 0.566.